The third-order valence-electron chi connectivity index (χ3n) is 3.15. The predicted molar refractivity (Wildman–Crippen MR) is 81.3 cm³/mol. The summed E-state index contributed by atoms with van der Waals surface area (Å²) < 4.78 is 6.46. The lowest BCUT2D eigenvalue weighted by atomic mass is 9.96. The Bertz CT molecular complexity index is 366. The van der Waals surface area contributed by atoms with Crippen LogP contribution in [0.25, 0.3) is 0 Å². The zero-order valence-electron chi connectivity index (χ0n) is 11.8. The van der Waals surface area contributed by atoms with E-state index >= 15 is 0 Å². The normalized spacial score (nSPS) is 12.8. The molecular weight excluding hydrogens is 290 g/mol. The second-order valence-electron chi connectivity index (χ2n) is 5.00. The molecule has 0 aromatic heterocycles. The van der Waals surface area contributed by atoms with E-state index in [1.54, 1.807) is 7.11 Å². The highest BCUT2D eigenvalue weighted by Crippen LogP contribution is 2.25. The molecule has 1 rings (SSSR count). The third kappa shape index (κ3) is 4.99. The second-order valence-corrected chi connectivity index (χ2v) is 5.85. The van der Waals surface area contributed by atoms with Crippen LogP contribution in [0.5, 0.6) is 5.75 Å². The molecule has 0 saturated carbocycles. The van der Waals surface area contributed by atoms with Crippen LogP contribution in [0.3, 0.4) is 0 Å². The Morgan fingerprint density at radius 2 is 2.06 bits per heavy atom. The molecule has 0 aliphatic carbocycles. The molecule has 1 aromatic rings. The van der Waals surface area contributed by atoms with Gasteiger partial charge in [-0.2, -0.15) is 0 Å². The molecule has 0 amide bonds. The maximum atomic E-state index is 5.29. The molecule has 0 radical (unpaired) electrons. The van der Waals surface area contributed by atoms with Gasteiger partial charge in [-0.3, -0.25) is 0 Å². The lowest BCUT2D eigenvalue weighted by Crippen LogP contribution is -2.29. The first kappa shape index (κ1) is 15.5. The Hall–Kier alpha value is -0.540. The highest BCUT2D eigenvalue weighted by atomic mass is 79.9. The third-order valence-corrected chi connectivity index (χ3v) is 3.93. The van der Waals surface area contributed by atoms with E-state index in [4.69, 9.17) is 4.74 Å². The van der Waals surface area contributed by atoms with Crippen LogP contribution in [0.2, 0.25) is 0 Å². The average molecular weight is 314 g/mol. The van der Waals surface area contributed by atoms with Crippen molar-refractivity contribution in [3.05, 3.63) is 28.2 Å². The van der Waals surface area contributed by atoms with Crippen LogP contribution in [0.1, 0.15) is 32.8 Å². The van der Waals surface area contributed by atoms with Crippen molar-refractivity contribution in [2.45, 2.75) is 39.7 Å². The topological polar surface area (TPSA) is 21.3 Å². The van der Waals surface area contributed by atoms with E-state index in [2.05, 4.69) is 54.2 Å². The molecule has 1 aromatic carbocycles. The lowest BCUT2D eigenvalue weighted by Gasteiger charge is -2.18. The molecule has 0 saturated heterocycles. The molecule has 1 unspecified atom stereocenters. The second kappa shape index (κ2) is 7.80. The quantitative estimate of drug-likeness (QED) is 0.820. The van der Waals surface area contributed by atoms with Crippen molar-refractivity contribution in [3.63, 3.8) is 0 Å². The molecule has 0 aliphatic heterocycles. The largest absolute Gasteiger partial charge is 0.497 e. The van der Waals surface area contributed by atoms with Crippen molar-refractivity contribution in [1.82, 2.24) is 5.32 Å². The van der Waals surface area contributed by atoms with Gasteiger partial charge in [0.2, 0.25) is 0 Å². The van der Waals surface area contributed by atoms with Crippen LogP contribution in [-0.2, 0) is 6.42 Å². The summed E-state index contributed by atoms with van der Waals surface area (Å²) >= 11 is 3.62. The van der Waals surface area contributed by atoms with Crippen LogP contribution in [0.15, 0.2) is 22.7 Å². The molecular formula is C15H24BrNO. The van der Waals surface area contributed by atoms with Crippen molar-refractivity contribution >= 4 is 15.9 Å². The van der Waals surface area contributed by atoms with Crippen molar-refractivity contribution in [3.8, 4) is 5.75 Å². The molecule has 0 bridgehead atoms. The van der Waals surface area contributed by atoms with E-state index < -0.39 is 0 Å². The molecule has 0 spiro atoms. The minimum Gasteiger partial charge on any atom is -0.497 e. The highest BCUT2D eigenvalue weighted by Gasteiger charge is 2.11. The summed E-state index contributed by atoms with van der Waals surface area (Å²) in [4.78, 5) is 0. The Labute approximate surface area is 119 Å². The zero-order valence-corrected chi connectivity index (χ0v) is 13.4. The summed E-state index contributed by atoms with van der Waals surface area (Å²) in [5.41, 5.74) is 1.33. The van der Waals surface area contributed by atoms with Gasteiger partial charge in [-0.1, -0.05) is 43.1 Å². The van der Waals surface area contributed by atoms with Gasteiger partial charge in [-0.25, -0.2) is 0 Å². The number of methoxy groups -OCH3 is 1. The van der Waals surface area contributed by atoms with Crippen LogP contribution in [0.4, 0.5) is 0 Å². The summed E-state index contributed by atoms with van der Waals surface area (Å²) in [5, 5.41) is 3.52. The van der Waals surface area contributed by atoms with Crippen molar-refractivity contribution in [1.29, 1.82) is 0 Å². The number of hydrogen-bond donors (Lipinski definition) is 1. The summed E-state index contributed by atoms with van der Waals surface area (Å²) in [6.07, 6.45) is 2.26. The zero-order chi connectivity index (χ0) is 13.5. The van der Waals surface area contributed by atoms with Crippen LogP contribution in [0, 0.1) is 5.92 Å². The van der Waals surface area contributed by atoms with Crippen LogP contribution >= 0.6 is 15.9 Å². The van der Waals surface area contributed by atoms with Gasteiger partial charge in [-0.15, -0.1) is 0 Å². The fraction of sp³-hybridized carbons (Fsp3) is 0.600. The van der Waals surface area contributed by atoms with Gasteiger partial charge in [0.05, 0.1) is 7.11 Å². The number of ether oxygens (including phenoxy) is 1. The Morgan fingerprint density at radius 1 is 1.33 bits per heavy atom. The van der Waals surface area contributed by atoms with Crippen molar-refractivity contribution in [2.24, 2.45) is 5.92 Å². The maximum absolute atomic E-state index is 5.29. The molecule has 1 N–H and O–H groups in total. The van der Waals surface area contributed by atoms with Gasteiger partial charge in [0.15, 0.2) is 0 Å². The highest BCUT2D eigenvalue weighted by molar-refractivity contribution is 9.10. The van der Waals surface area contributed by atoms with Crippen molar-refractivity contribution in [2.75, 3.05) is 13.7 Å². The van der Waals surface area contributed by atoms with E-state index in [1.165, 1.54) is 16.5 Å². The van der Waals surface area contributed by atoms with Crippen LogP contribution < -0.4 is 10.1 Å². The van der Waals surface area contributed by atoms with E-state index in [1.807, 2.05) is 6.07 Å². The van der Waals surface area contributed by atoms with Gasteiger partial charge in [-0.05, 0) is 42.6 Å². The van der Waals surface area contributed by atoms with E-state index in [0.717, 1.165) is 18.7 Å². The minimum absolute atomic E-state index is 0.549. The Kier molecular flexibility index (Phi) is 6.72. The first-order valence-electron chi connectivity index (χ1n) is 6.62. The first-order chi connectivity index (χ1) is 8.56. The Balaban J connectivity index is 2.68. The van der Waals surface area contributed by atoms with E-state index in [-0.39, 0.29) is 0 Å². The molecule has 102 valence electrons. The summed E-state index contributed by atoms with van der Waals surface area (Å²) in [6.45, 7) is 7.70. The van der Waals surface area contributed by atoms with E-state index in [0.29, 0.717) is 12.0 Å². The number of nitrogens with one attached hydrogen (secondary N) is 1. The fourth-order valence-corrected chi connectivity index (χ4v) is 2.32. The number of halogens is 1. The Morgan fingerprint density at radius 3 is 2.61 bits per heavy atom. The molecule has 0 heterocycles. The molecule has 2 nitrogen and oxygen atoms in total. The number of rotatable bonds is 7. The smallest absolute Gasteiger partial charge is 0.119 e. The monoisotopic (exact) mass is 313 g/mol. The summed E-state index contributed by atoms with van der Waals surface area (Å²) in [7, 11) is 1.71. The first-order valence-corrected chi connectivity index (χ1v) is 7.41. The van der Waals surface area contributed by atoms with Gasteiger partial charge in [0.1, 0.15) is 5.75 Å². The average Bonchev–Trinajstić information content (AvgIpc) is 2.36. The molecule has 18 heavy (non-hydrogen) atoms. The van der Waals surface area contributed by atoms with Crippen molar-refractivity contribution < 1.29 is 4.74 Å². The maximum Gasteiger partial charge on any atom is 0.119 e. The molecule has 3 heteroatoms. The number of benzene rings is 1. The van der Waals surface area contributed by atoms with Gasteiger partial charge in [0.25, 0.3) is 0 Å². The minimum atomic E-state index is 0.549. The van der Waals surface area contributed by atoms with E-state index in [9.17, 15) is 0 Å². The summed E-state index contributed by atoms with van der Waals surface area (Å²) in [5.74, 6) is 1.59. The fourth-order valence-electron chi connectivity index (χ4n) is 1.91. The summed E-state index contributed by atoms with van der Waals surface area (Å²) in [6, 6.07) is 6.73. The number of hydrogen-bond acceptors (Lipinski definition) is 2. The molecule has 1 atom stereocenters. The molecule has 0 aliphatic rings. The van der Waals surface area contributed by atoms with Crippen LogP contribution in [-0.4, -0.2) is 19.7 Å². The SMILES string of the molecule is CCC(CNC(C)C)Cc1cc(OC)ccc1Br. The predicted octanol–water partition coefficient (Wildman–Crippen LogP) is 4.02. The van der Waals surface area contributed by atoms with Gasteiger partial charge < -0.3 is 10.1 Å². The molecule has 0 fully saturated rings. The standard InChI is InChI=1S/C15H24BrNO/c1-5-12(10-17-11(2)3)8-13-9-14(18-4)6-7-15(13)16/h6-7,9,11-12,17H,5,8,10H2,1-4H3. The lowest BCUT2D eigenvalue weighted by molar-refractivity contribution is 0.411. The van der Waals surface area contributed by atoms with Gasteiger partial charge in [0, 0.05) is 10.5 Å². The van der Waals surface area contributed by atoms with Gasteiger partial charge >= 0.3 is 0 Å².